The Hall–Kier alpha value is -3.10. The molecule has 2 N–H and O–H groups in total. The maximum Gasteiger partial charge on any atom is 0.291 e. The largest absolute Gasteiger partial charge is 0.494 e. The number of nitrogens with zero attached hydrogens (tertiary/aromatic N) is 4. The third-order valence-electron chi connectivity index (χ3n) is 5.13. The molecule has 2 aromatic rings. The minimum Gasteiger partial charge on any atom is -0.494 e. The van der Waals surface area contributed by atoms with Gasteiger partial charge in [0.1, 0.15) is 5.65 Å². The third-order valence-corrected chi connectivity index (χ3v) is 5.13. The van der Waals surface area contributed by atoms with Gasteiger partial charge in [0, 0.05) is 37.3 Å². The second kappa shape index (κ2) is 8.33. The number of aromatic nitrogens is 3. The molecular weight excluding hydrogens is 386 g/mol. The molecule has 1 aliphatic carbocycles. The van der Waals surface area contributed by atoms with Crippen molar-refractivity contribution >= 4 is 23.5 Å². The number of amides is 2. The predicted octanol–water partition coefficient (Wildman–Crippen LogP) is 1.63. The number of rotatable bonds is 7. The Morgan fingerprint density at radius 1 is 1.33 bits per heavy atom. The van der Waals surface area contributed by atoms with Crippen LogP contribution in [0.15, 0.2) is 17.1 Å². The van der Waals surface area contributed by atoms with E-state index in [4.69, 9.17) is 0 Å². The zero-order valence-corrected chi connectivity index (χ0v) is 18.0. The number of fused-ring (bicyclic) bond motifs is 1. The molecule has 1 fully saturated rings. The van der Waals surface area contributed by atoms with Crippen molar-refractivity contribution in [3.8, 4) is 5.88 Å². The second-order valence-electron chi connectivity index (χ2n) is 8.47. The normalized spacial score (nSPS) is 14.2. The first kappa shape index (κ1) is 21.6. The van der Waals surface area contributed by atoms with Crippen LogP contribution in [0.4, 0.5) is 0 Å². The Bertz CT molecular complexity index is 1060. The highest BCUT2D eigenvalue weighted by molar-refractivity contribution is 5.97. The molecule has 0 spiro atoms. The van der Waals surface area contributed by atoms with Crippen LogP contribution in [0, 0.1) is 5.92 Å². The van der Waals surface area contributed by atoms with Crippen molar-refractivity contribution in [1.82, 2.24) is 24.4 Å². The molecule has 30 heavy (non-hydrogen) atoms. The van der Waals surface area contributed by atoms with Crippen LogP contribution >= 0.6 is 0 Å². The Balaban J connectivity index is 2.12. The van der Waals surface area contributed by atoms with Crippen LogP contribution in [0.2, 0.25) is 0 Å². The third kappa shape index (κ3) is 4.24. The molecule has 2 heterocycles. The van der Waals surface area contributed by atoms with E-state index < -0.39 is 11.5 Å². The van der Waals surface area contributed by atoms with Crippen LogP contribution < -0.4 is 10.9 Å². The van der Waals surface area contributed by atoms with Crippen molar-refractivity contribution in [2.24, 2.45) is 5.92 Å². The van der Waals surface area contributed by atoms with Crippen LogP contribution in [-0.4, -0.2) is 55.1 Å². The standard InChI is InChI=1S/C21H29N5O4/c1-12(2)11-25-19-14(6-9-16(27)24(5)13(3)4)10-22-26(19)21(30)17(20(25)29)18(28)23-15-7-8-15/h6,9-10,12-13,15,29H,7-8,11H2,1-5H3,(H,23,28)/b9-6+. The molecule has 0 atom stereocenters. The van der Waals surface area contributed by atoms with Gasteiger partial charge in [-0.15, -0.1) is 0 Å². The van der Waals surface area contributed by atoms with E-state index in [0.29, 0.717) is 17.8 Å². The number of nitrogens with one attached hydrogen (secondary N) is 1. The molecule has 1 aliphatic rings. The lowest BCUT2D eigenvalue weighted by molar-refractivity contribution is -0.126. The molecule has 2 aromatic heterocycles. The fraction of sp³-hybridized carbons (Fsp3) is 0.524. The van der Waals surface area contributed by atoms with E-state index >= 15 is 0 Å². The first-order valence-electron chi connectivity index (χ1n) is 10.2. The summed E-state index contributed by atoms with van der Waals surface area (Å²) in [6, 6.07) is 0.0902. The summed E-state index contributed by atoms with van der Waals surface area (Å²) in [7, 11) is 1.71. The molecule has 0 aliphatic heterocycles. The summed E-state index contributed by atoms with van der Waals surface area (Å²) in [6.07, 6.45) is 6.17. The van der Waals surface area contributed by atoms with Gasteiger partial charge in [0.25, 0.3) is 11.5 Å². The lowest BCUT2D eigenvalue weighted by Crippen LogP contribution is -2.34. The SMILES string of the molecule is CC(C)Cn1c(O)c(C(=O)NC2CC2)c(=O)n2ncc(/C=C/C(=O)N(C)C(C)C)c12. The summed E-state index contributed by atoms with van der Waals surface area (Å²) in [5.74, 6) is -1.05. The first-order valence-corrected chi connectivity index (χ1v) is 10.2. The summed E-state index contributed by atoms with van der Waals surface area (Å²) in [5.41, 5.74) is -0.164. The van der Waals surface area contributed by atoms with Crippen LogP contribution in [0.25, 0.3) is 11.7 Å². The van der Waals surface area contributed by atoms with Crippen molar-refractivity contribution in [1.29, 1.82) is 0 Å². The van der Waals surface area contributed by atoms with Gasteiger partial charge >= 0.3 is 0 Å². The number of carbonyl (C=O) groups excluding carboxylic acids is 2. The van der Waals surface area contributed by atoms with Crippen LogP contribution in [-0.2, 0) is 11.3 Å². The van der Waals surface area contributed by atoms with E-state index in [1.807, 2.05) is 27.7 Å². The van der Waals surface area contributed by atoms with Crippen molar-refractivity contribution in [3.05, 3.63) is 33.8 Å². The highest BCUT2D eigenvalue weighted by Crippen LogP contribution is 2.24. The van der Waals surface area contributed by atoms with E-state index in [-0.39, 0.29) is 35.4 Å². The maximum atomic E-state index is 12.9. The predicted molar refractivity (Wildman–Crippen MR) is 113 cm³/mol. The molecule has 2 amide bonds. The molecule has 0 aromatic carbocycles. The van der Waals surface area contributed by atoms with Crippen molar-refractivity contribution in [2.45, 2.75) is 59.2 Å². The summed E-state index contributed by atoms with van der Waals surface area (Å²) in [5, 5.41) is 17.8. The summed E-state index contributed by atoms with van der Waals surface area (Å²) < 4.78 is 2.62. The average molecular weight is 415 g/mol. The zero-order valence-electron chi connectivity index (χ0n) is 18.0. The number of hydrogen-bond donors (Lipinski definition) is 2. The molecule has 3 rings (SSSR count). The highest BCUT2D eigenvalue weighted by Gasteiger charge is 2.29. The van der Waals surface area contributed by atoms with Crippen LogP contribution in [0.5, 0.6) is 5.88 Å². The van der Waals surface area contributed by atoms with E-state index in [1.165, 1.54) is 16.8 Å². The lowest BCUT2D eigenvalue weighted by Gasteiger charge is -2.19. The topological polar surface area (TPSA) is 109 Å². The monoisotopic (exact) mass is 415 g/mol. The van der Waals surface area contributed by atoms with Gasteiger partial charge < -0.3 is 15.3 Å². The Morgan fingerprint density at radius 2 is 2.00 bits per heavy atom. The molecular formula is C21H29N5O4. The van der Waals surface area contributed by atoms with Gasteiger partial charge in [-0.1, -0.05) is 13.8 Å². The zero-order chi connectivity index (χ0) is 22.2. The van der Waals surface area contributed by atoms with Crippen LogP contribution in [0.1, 0.15) is 56.5 Å². The van der Waals surface area contributed by atoms with Gasteiger partial charge in [-0.2, -0.15) is 9.61 Å². The Morgan fingerprint density at radius 3 is 2.57 bits per heavy atom. The fourth-order valence-corrected chi connectivity index (χ4v) is 3.08. The van der Waals surface area contributed by atoms with Gasteiger partial charge in [0.15, 0.2) is 5.56 Å². The Labute approximate surface area is 175 Å². The molecule has 9 nitrogen and oxygen atoms in total. The van der Waals surface area contributed by atoms with E-state index in [1.54, 1.807) is 18.0 Å². The van der Waals surface area contributed by atoms with E-state index in [2.05, 4.69) is 10.4 Å². The minimum atomic E-state index is -0.689. The van der Waals surface area contributed by atoms with E-state index in [9.17, 15) is 19.5 Å². The molecule has 162 valence electrons. The molecule has 0 unspecified atom stereocenters. The second-order valence-corrected chi connectivity index (χ2v) is 8.47. The summed E-state index contributed by atoms with van der Waals surface area (Å²) >= 11 is 0. The first-order chi connectivity index (χ1) is 14.1. The maximum absolute atomic E-state index is 12.9. The van der Waals surface area contributed by atoms with Gasteiger partial charge in [-0.05, 0) is 38.7 Å². The molecule has 0 saturated heterocycles. The van der Waals surface area contributed by atoms with E-state index in [0.717, 1.165) is 17.4 Å². The van der Waals surface area contributed by atoms with Crippen LogP contribution in [0.3, 0.4) is 0 Å². The minimum absolute atomic E-state index is 0.0433. The van der Waals surface area contributed by atoms with Gasteiger partial charge in [0.05, 0.1) is 6.20 Å². The Kier molecular flexibility index (Phi) is 6.00. The number of likely N-dealkylation sites (N-methyl/N-ethyl adjacent to an activating group) is 1. The van der Waals surface area contributed by atoms with Gasteiger partial charge in [-0.3, -0.25) is 19.0 Å². The molecule has 9 heteroatoms. The highest BCUT2D eigenvalue weighted by atomic mass is 16.3. The smallest absolute Gasteiger partial charge is 0.291 e. The summed E-state index contributed by atoms with van der Waals surface area (Å²) in [4.78, 5) is 39.4. The van der Waals surface area contributed by atoms with Crippen molar-refractivity contribution < 1.29 is 14.7 Å². The van der Waals surface area contributed by atoms with Crippen molar-refractivity contribution in [3.63, 3.8) is 0 Å². The lowest BCUT2D eigenvalue weighted by atomic mass is 10.2. The number of hydrogen-bond acceptors (Lipinski definition) is 5. The van der Waals surface area contributed by atoms with Gasteiger partial charge in [0.2, 0.25) is 11.8 Å². The quantitative estimate of drug-likeness (QED) is 0.668. The average Bonchev–Trinajstić information content (AvgIpc) is 3.38. The van der Waals surface area contributed by atoms with Gasteiger partial charge in [-0.25, -0.2) is 0 Å². The molecule has 0 bridgehead atoms. The number of carbonyl (C=O) groups is 2. The summed E-state index contributed by atoms with van der Waals surface area (Å²) in [6.45, 7) is 8.11. The molecule has 1 saturated carbocycles. The van der Waals surface area contributed by atoms with Crippen molar-refractivity contribution in [2.75, 3.05) is 7.05 Å². The molecule has 0 radical (unpaired) electrons. The number of aromatic hydroxyl groups is 1. The fourth-order valence-electron chi connectivity index (χ4n) is 3.08.